The van der Waals surface area contributed by atoms with Crippen LogP contribution < -0.4 is 24.2 Å². The SMILES string of the molecule is COc1ccc2c(c1)C=C(C(=O)NC1(C(=O)N(C)C)CC1)Cn1c-2c(C2CCCCC2)c2ccc(C(=O)NS(=O)(=O)N(C)C)cc21.COc1ccc2c(c1)C=C(C(=O)O)Cn1c-2c(C2CCCCC2)c2ccc(C(=O)NS(=O)(=O)N(C)C)cc21. The first kappa shape index (κ1) is 59.4. The van der Waals surface area contributed by atoms with Crippen LogP contribution in [0.3, 0.4) is 0 Å². The number of amides is 4. The molecule has 4 N–H and O–H groups in total. The predicted octanol–water partition coefficient (Wildman–Crippen LogP) is 8.42. The first-order valence-corrected chi connectivity index (χ1v) is 31.2. The standard InChI is InChI=1S/C34H41N5O6S.C28H31N3O6S/c1-37(2)33(42)34(15-16-34)35-31(40)24-17-23-18-25(45-5)12-14-26(23)30-29(21-9-7-6-8-10-21)27-13-11-22(19-28(27)39(30)20-24)32(41)36-46(43,44)38(3)4;1-30(2)38(35,36)29-27(32)18-9-11-23-24(15-18)31-16-20(28(33)34)13-19-14-21(37-3)10-12-22(19)26(31)25(23)17-7-5-4-6-8-17/h11-14,17-19,21H,6-10,15-16,20H2,1-5H3,(H,35,40)(H,36,41);9-15,17H,4-8,16H2,1-3H3,(H,29,32)(H,33,34). The molecule has 11 rings (SSSR count). The van der Waals surface area contributed by atoms with E-state index < -0.39 is 43.7 Å². The van der Waals surface area contributed by atoms with Crippen LogP contribution in [0, 0.1) is 0 Å². The minimum atomic E-state index is -4.00. The lowest BCUT2D eigenvalue weighted by atomic mass is 9.81. The molecular weight excluding hydrogens is 1110 g/mol. The van der Waals surface area contributed by atoms with E-state index in [4.69, 9.17) is 9.47 Å². The summed E-state index contributed by atoms with van der Waals surface area (Å²) in [4.78, 5) is 66.9. The minimum Gasteiger partial charge on any atom is -0.497 e. The van der Waals surface area contributed by atoms with Crippen LogP contribution in [0.1, 0.15) is 132 Å². The number of carboxylic acid groups (broad SMARTS) is 1. The second kappa shape index (κ2) is 23.3. The number of hydrogen-bond acceptors (Lipinski definition) is 11. The summed E-state index contributed by atoms with van der Waals surface area (Å²) in [5, 5.41) is 15.0. The zero-order chi connectivity index (χ0) is 60.2. The van der Waals surface area contributed by atoms with Crippen molar-refractivity contribution in [2.45, 2.75) is 108 Å². The van der Waals surface area contributed by atoms with Crippen molar-refractivity contribution in [2.24, 2.45) is 0 Å². The summed E-state index contributed by atoms with van der Waals surface area (Å²) in [5.74, 6) is -1.13. The molecule has 3 aliphatic carbocycles. The maximum absolute atomic E-state index is 14.0. The molecule has 444 valence electrons. The Morgan fingerprint density at radius 2 is 0.976 bits per heavy atom. The summed E-state index contributed by atoms with van der Waals surface area (Å²) in [6.07, 6.45) is 15.6. The summed E-state index contributed by atoms with van der Waals surface area (Å²) >= 11 is 0. The molecule has 2 aromatic heterocycles. The van der Waals surface area contributed by atoms with E-state index in [2.05, 4.69) is 19.3 Å². The van der Waals surface area contributed by atoms with E-state index in [1.165, 1.54) is 51.5 Å². The van der Waals surface area contributed by atoms with Gasteiger partial charge in [-0.3, -0.25) is 19.2 Å². The van der Waals surface area contributed by atoms with E-state index in [1.807, 2.05) is 59.2 Å². The predicted molar refractivity (Wildman–Crippen MR) is 322 cm³/mol. The first-order chi connectivity index (χ1) is 39.9. The Bertz CT molecular complexity index is 3970. The number of nitrogens with one attached hydrogen (secondary N) is 3. The van der Waals surface area contributed by atoms with Crippen molar-refractivity contribution < 1.29 is 55.4 Å². The molecule has 0 unspecified atom stereocenters. The second-order valence-electron chi connectivity index (χ2n) is 23.1. The number of aromatic nitrogens is 2. The number of aliphatic carboxylic acids is 1. The molecule has 0 atom stereocenters. The van der Waals surface area contributed by atoms with Gasteiger partial charge in [0.05, 0.1) is 44.3 Å². The summed E-state index contributed by atoms with van der Waals surface area (Å²) < 4.78 is 70.7. The molecule has 4 heterocycles. The van der Waals surface area contributed by atoms with Crippen LogP contribution in [0.15, 0.2) is 83.9 Å². The van der Waals surface area contributed by atoms with E-state index in [0.717, 1.165) is 115 Å². The van der Waals surface area contributed by atoms with Gasteiger partial charge >= 0.3 is 26.4 Å². The lowest BCUT2D eigenvalue weighted by Crippen LogP contribution is -2.49. The van der Waals surface area contributed by atoms with E-state index in [9.17, 15) is 45.9 Å². The van der Waals surface area contributed by atoms with Crippen LogP contribution in [0.4, 0.5) is 0 Å². The third-order valence-corrected chi connectivity index (χ3v) is 19.8. The fraction of sp³-hybridized carbons (Fsp3) is 0.403. The molecule has 84 heavy (non-hydrogen) atoms. The van der Waals surface area contributed by atoms with Crippen molar-refractivity contribution in [1.29, 1.82) is 0 Å². The number of methoxy groups -OCH3 is 2. The van der Waals surface area contributed by atoms with E-state index >= 15 is 0 Å². The summed E-state index contributed by atoms with van der Waals surface area (Å²) in [5.41, 5.74) is 9.22. The molecule has 20 nitrogen and oxygen atoms in total. The average Bonchev–Trinajstić information content (AvgIpc) is 1.91. The molecular formula is C62H72N8O12S2. The van der Waals surface area contributed by atoms with Crippen molar-refractivity contribution in [3.63, 3.8) is 0 Å². The molecule has 5 aliphatic rings. The van der Waals surface area contributed by atoms with Gasteiger partial charge in [-0.05, 0) is 145 Å². The fourth-order valence-corrected chi connectivity index (χ4v) is 13.5. The lowest BCUT2D eigenvalue weighted by Gasteiger charge is -2.24. The van der Waals surface area contributed by atoms with Crippen molar-refractivity contribution in [3.8, 4) is 34.0 Å². The number of fused-ring (bicyclic) bond motifs is 10. The number of hydrogen-bond donors (Lipinski definition) is 4. The van der Waals surface area contributed by atoms with Gasteiger partial charge in [-0.15, -0.1) is 0 Å². The number of nitrogens with zero attached hydrogens (tertiary/aromatic N) is 5. The van der Waals surface area contributed by atoms with Crippen LogP contribution in [0.5, 0.6) is 11.5 Å². The molecule has 0 bridgehead atoms. The molecule has 3 fully saturated rings. The molecule has 3 saturated carbocycles. The van der Waals surface area contributed by atoms with Gasteiger partial charge in [0.1, 0.15) is 17.0 Å². The molecule has 0 spiro atoms. The van der Waals surface area contributed by atoms with E-state index in [1.54, 1.807) is 58.7 Å². The molecule has 6 aromatic rings. The third-order valence-electron chi connectivity index (χ3n) is 17.0. The number of ether oxygens (including phenoxy) is 2. The van der Waals surface area contributed by atoms with Crippen molar-refractivity contribution in [3.05, 3.63) is 117 Å². The van der Waals surface area contributed by atoms with Crippen LogP contribution >= 0.6 is 0 Å². The third kappa shape index (κ3) is 11.5. The summed E-state index contributed by atoms with van der Waals surface area (Å²) in [6.45, 7) is 0.292. The van der Waals surface area contributed by atoms with E-state index in [0.29, 0.717) is 35.4 Å². The molecule has 4 aromatic carbocycles. The Balaban J connectivity index is 0.000000191. The summed E-state index contributed by atoms with van der Waals surface area (Å²) in [6, 6.07) is 22.0. The molecule has 0 saturated heterocycles. The number of benzene rings is 4. The largest absolute Gasteiger partial charge is 0.497 e. The Morgan fingerprint density at radius 1 is 0.560 bits per heavy atom. The summed E-state index contributed by atoms with van der Waals surface area (Å²) in [7, 11) is 3.96. The van der Waals surface area contributed by atoms with Gasteiger partial charge in [0.15, 0.2) is 0 Å². The normalized spacial score (nSPS) is 16.7. The fourth-order valence-electron chi connectivity index (χ4n) is 12.4. The molecule has 22 heteroatoms. The minimum absolute atomic E-state index is 0.103. The van der Waals surface area contributed by atoms with Gasteiger partial charge in [0.25, 0.3) is 11.8 Å². The Hall–Kier alpha value is -7.79. The lowest BCUT2D eigenvalue weighted by molar-refractivity contribution is -0.134. The Kier molecular flexibility index (Phi) is 16.5. The van der Waals surface area contributed by atoms with Gasteiger partial charge < -0.3 is 33.9 Å². The number of rotatable bonds is 14. The van der Waals surface area contributed by atoms with Crippen LogP contribution in [0.25, 0.3) is 56.5 Å². The monoisotopic (exact) mass is 1180 g/mol. The maximum atomic E-state index is 14.0. The maximum Gasteiger partial charge on any atom is 0.333 e. The highest BCUT2D eigenvalue weighted by molar-refractivity contribution is 7.88. The van der Waals surface area contributed by atoms with Crippen LogP contribution in [-0.4, -0.2) is 136 Å². The highest BCUT2D eigenvalue weighted by atomic mass is 32.2. The molecule has 4 amide bonds. The first-order valence-electron chi connectivity index (χ1n) is 28.3. The van der Waals surface area contributed by atoms with Crippen molar-refractivity contribution in [1.82, 2.24) is 37.4 Å². The Morgan fingerprint density at radius 3 is 1.36 bits per heavy atom. The second-order valence-corrected chi connectivity index (χ2v) is 26.8. The zero-order valence-corrected chi connectivity index (χ0v) is 50.3. The van der Waals surface area contributed by atoms with Gasteiger partial charge in [-0.1, -0.05) is 50.7 Å². The number of carbonyl (C=O) groups excluding carboxylic acids is 4. The number of carbonyl (C=O) groups is 5. The number of carboxylic acids is 1. The van der Waals surface area contributed by atoms with Crippen molar-refractivity contribution >= 4 is 84.0 Å². The van der Waals surface area contributed by atoms with Crippen molar-refractivity contribution in [2.75, 3.05) is 56.5 Å². The Labute approximate surface area is 489 Å². The highest BCUT2D eigenvalue weighted by Crippen LogP contribution is 2.49. The van der Waals surface area contributed by atoms with E-state index in [-0.39, 0.29) is 53.4 Å². The van der Waals surface area contributed by atoms with Gasteiger partial charge in [-0.25, -0.2) is 14.2 Å². The average molecular weight is 1190 g/mol. The molecule has 0 radical (unpaired) electrons. The van der Waals surface area contributed by atoms with Crippen LogP contribution in [-0.2, 0) is 47.9 Å². The van der Waals surface area contributed by atoms with Gasteiger partial charge in [0, 0.05) is 91.9 Å². The van der Waals surface area contributed by atoms with Gasteiger partial charge in [-0.2, -0.15) is 25.4 Å². The quantitative estimate of drug-likeness (QED) is 0.0803. The van der Waals surface area contributed by atoms with Crippen LogP contribution in [0.2, 0.25) is 0 Å². The zero-order valence-electron chi connectivity index (χ0n) is 48.6. The highest BCUT2D eigenvalue weighted by Gasteiger charge is 2.52. The topological polar surface area (TPSA) is 248 Å². The number of likely N-dealkylation sites (N-methyl/N-ethyl adjacent to an activating group) is 1. The smallest absolute Gasteiger partial charge is 0.333 e. The van der Waals surface area contributed by atoms with Gasteiger partial charge in [0.2, 0.25) is 11.8 Å². The molecule has 2 aliphatic heterocycles.